The molecule has 1 heterocycles. The maximum absolute atomic E-state index is 13.3. The van der Waals surface area contributed by atoms with Gasteiger partial charge in [-0.15, -0.1) is 0 Å². The molecule has 1 aromatic rings. The highest BCUT2D eigenvalue weighted by Crippen LogP contribution is 2.25. The molecule has 2 atom stereocenters. The van der Waals surface area contributed by atoms with Crippen LogP contribution in [0.1, 0.15) is 36.0 Å². The summed E-state index contributed by atoms with van der Waals surface area (Å²) in [4.78, 5) is 17.9. The van der Waals surface area contributed by atoms with Crippen LogP contribution in [0.25, 0.3) is 0 Å². The lowest BCUT2D eigenvalue weighted by atomic mass is 9.91. The molecule has 0 bridgehead atoms. The van der Waals surface area contributed by atoms with Crippen molar-refractivity contribution in [1.29, 1.82) is 0 Å². The molecule has 0 aromatic carbocycles. The fourth-order valence-corrected chi connectivity index (χ4v) is 2.69. The molecular formula is C14H20FN3O2. The molecule has 110 valence electrons. The van der Waals surface area contributed by atoms with E-state index in [-0.39, 0.29) is 17.5 Å². The molecule has 0 radical (unpaired) electrons. The molecule has 5 nitrogen and oxygen atoms in total. The van der Waals surface area contributed by atoms with Gasteiger partial charge in [-0.3, -0.25) is 4.79 Å². The molecule has 1 amide bonds. The third-order valence-corrected chi connectivity index (χ3v) is 3.83. The molecule has 0 saturated heterocycles. The number of amides is 1. The van der Waals surface area contributed by atoms with Crippen molar-refractivity contribution < 1.29 is 14.3 Å². The molecule has 2 N–H and O–H groups in total. The van der Waals surface area contributed by atoms with Crippen LogP contribution in [0.2, 0.25) is 0 Å². The monoisotopic (exact) mass is 281 g/mol. The number of rotatable bonds is 3. The molecule has 6 heteroatoms. The summed E-state index contributed by atoms with van der Waals surface area (Å²) in [5, 5.41) is 12.8. The lowest BCUT2D eigenvalue weighted by Crippen LogP contribution is -2.46. The van der Waals surface area contributed by atoms with Crippen LogP contribution in [0, 0.1) is 5.82 Å². The number of likely N-dealkylation sites (N-methyl/N-ethyl adjacent to an activating group) is 1. The molecule has 1 saturated carbocycles. The summed E-state index contributed by atoms with van der Waals surface area (Å²) in [5.74, 6) is -0.536. The van der Waals surface area contributed by atoms with E-state index < -0.39 is 11.9 Å². The van der Waals surface area contributed by atoms with Crippen LogP contribution in [0.15, 0.2) is 12.3 Å². The first kappa shape index (κ1) is 14.7. The number of aliphatic hydroxyl groups excluding tert-OH is 1. The summed E-state index contributed by atoms with van der Waals surface area (Å²) >= 11 is 0. The zero-order chi connectivity index (χ0) is 14.7. The van der Waals surface area contributed by atoms with Crippen LogP contribution < -0.4 is 5.32 Å². The van der Waals surface area contributed by atoms with E-state index in [1.54, 1.807) is 14.1 Å². The summed E-state index contributed by atoms with van der Waals surface area (Å²) in [7, 11) is 3.28. The maximum atomic E-state index is 13.3. The Labute approximate surface area is 117 Å². The van der Waals surface area contributed by atoms with Gasteiger partial charge in [0.15, 0.2) is 0 Å². The molecule has 1 aromatic heterocycles. The number of hydrogen-bond donors (Lipinski definition) is 2. The average Bonchev–Trinajstić information content (AvgIpc) is 2.46. The Balaban J connectivity index is 2.23. The molecular weight excluding hydrogens is 261 g/mol. The Morgan fingerprint density at radius 2 is 2.20 bits per heavy atom. The number of nitrogens with one attached hydrogen (secondary N) is 1. The molecule has 2 unspecified atom stereocenters. The fourth-order valence-electron chi connectivity index (χ4n) is 2.69. The Bertz CT molecular complexity index is 495. The Hall–Kier alpha value is -1.69. The van der Waals surface area contributed by atoms with Crippen molar-refractivity contribution in [2.24, 2.45) is 0 Å². The number of aliphatic hydroxyl groups is 1. The number of anilines is 1. The highest BCUT2D eigenvalue weighted by atomic mass is 19.1. The number of aromatic nitrogens is 1. The predicted molar refractivity (Wildman–Crippen MR) is 74.1 cm³/mol. The van der Waals surface area contributed by atoms with E-state index in [9.17, 15) is 14.3 Å². The van der Waals surface area contributed by atoms with E-state index in [0.717, 1.165) is 25.5 Å². The van der Waals surface area contributed by atoms with E-state index in [2.05, 4.69) is 10.3 Å². The van der Waals surface area contributed by atoms with Crippen molar-refractivity contribution in [3.8, 4) is 0 Å². The van der Waals surface area contributed by atoms with Gasteiger partial charge in [0.2, 0.25) is 0 Å². The molecule has 1 aliphatic carbocycles. The Morgan fingerprint density at radius 3 is 2.85 bits per heavy atom. The molecule has 1 fully saturated rings. The largest absolute Gasteiger partial charge is 0.391 e. The SMILES string of the molecule is CNc1ncc(F)cc1C(=O)N(C)C1CCCCC1O. The van der Waals surface area contributed by atoms with E-state index >= 15 is 0 Å². The normalized spacial score (nSPS) is 22.4. The van der Waals surface area contributed by atoms with Crippen LogP contribution in [0.5, 0.6) is 0 Å². The topological polar surface area (TPSA) is 65.5 Å². The minimum absolute atomic E-state index is 0.188. The average molecular weight is 281 g/mol. The number of nitrogens with zero attached hydrogens (tertiary/aromatic N) is 2. The van der Waals surface area contributed by atoms with Crippen molar-refractivity contribution in [1.82, 2.24) is 9.88 Å². The minimum Gasteiger partial charge on any atom is -0.391 e. The van der Waals surface area contributed by atoms with Crippen molar-refractivity contribution in [3.63, 3.8) is 0 Å². The maximum Gasteiger partial charge on any atom is 0.257 e. The molecule has 20 heavy (non-hydrogen) atoms. The van der Waals surface area contributed by atoms with Gasteiger partial charge >= 0.3 is 0 Å². The van der Waals surface area contributed by atoms with Crippen molar-refractivity contribution in [3.05, 3.63) is 23.6 Å². The summed E-state index contributed by atoms with van der Waals surface area (Å²) in [6, 6.07) is 0.955. The second kappa shape index (κ2) is 6.17. The molecule has 1 aliphatic rings. The zero-order valence-electron chi connectivity index (χ0n) is 11.8. The van der Waals surface area contributed by atoms with Crippen LogP contribution in [0.3, 0.4) is 0 Å². The van der Waals surface area contributed by atoms with Gasteiger partial charge in [0.25, 0.3) is 5.91 Å². The van der Waals surface area contributed by atoms with Crippen LogP contribution in [-0.2, 0) is 0 Å². The fraction of sp³-hybridized carbons (Fsp3) is 0.571. The van der Waals surface area contributed by atoms with E-state index in [4.69, 9.17) is 0 Å². The minimum atomic E-state index is -0.551. The second-order valence-electron chi connectivity index (χ2n) is 5.13. The second-order valence-corrected chi connectivity index (χ2v) is 5.13. The Morgan fingerprint density at radius 1 is 1.50 bits per heavy atom. The van der Waals surface area contributed by atoms with E-state index in [1.807, 2.05) is 0 Å². The number of pyridine rings is 1. The lowest BCUT2D eigenvalue weighted by Gasteiger charge is -2.35. The number of carbonyl (C=O) groups is 1. The zero-order valence-corrected chi connectivity index (χ0v) is 11.8. The van der Waals surface area contributed by atoms with Gasteiger partial charge < -0.3 is 15.3 Å². The van der Waals surface area contributed by atoms with E-state index in [0.29, 0.717) is 12.2 Å². The van der Waals surface area contributed by atoms with E-state index in [1.165, 1.54) is 11.0 Å². The molecule has 0 aliphatic heterocycles. The lowest BCUT2D eigenvalue weighted by molar-refractivity contribution is 0.0268. The summed E-state index contributed by atoms with van der Waals surface area (Å²) < 4.78 is 13.3. The van der Waals surface area contributed by atoms with Crippen LogP contribution in [-0.4, -0.2) is 47.1 Å². The van der Waals surface area contributed by atoms with Gasteiger partial charge in [0.1, 0.15) is 11.6 Å². The quantitative estimate of drug-likeness (QED) is 0.884. The standard InChI is InChI=1S/C14H20FN3O2/c1-16-13-10(7-9(15)8-17-13)14(20)18(2)11-5-3-4-6-12(11)19/h7-8,11-12,19H,3-6H2,1-2H3,(H,16,17). The van der Waals surface area contributed by atoms with Crippen molar-refractivity contribution in [2.75, 3.05) is 19.4 Å². The van der Waals surface area contributed by atoms with Gasteiger partial charge in [0, 0.05) is 14.1 Å². The summed E-state index contributed by atoms with van der Waals surface area (Å²) in [6.07, 6.45) is 3.97. The number of hydrogen-bond acceptors (Lipinski definition) is 4. The van der Waals surface area contributed by atoms with Gasteiger partial charge in [-0.05, 0) is 18.9 Å². The number of carbonyl (C=O) groups excluding carboxylic acids is 1. The van der Waals surface area contributed by atoms with Crippen LogP contribution >= 0.6 is 0 Å². The highest BCUT2D eigenvalue weighted by molar-refractivity contribution is 5.98. The van der Waals surface area contributed by atoms with Gasteiger partial charge in [-0.2, -0.15) is 0 Å². The molecule has 0 spiro atoms. The molecule has 2 rings (SSSR count). The van der Waals surface area contributed by atoms with Gasteiger partial charge in [-0.1, -0.05) is 12.8 Å². The number of halogens is 1. The van der Waals surface area contributed by atoms with Crippen LogP contribution in [0.4, 0.5) is 10.2 Å². The first-order valence-corrected chi connectivity index (χ1v) is 6.83. The smallest absolute Gasteiger partial charge is 0.257 e. The van der Waals surface area contributed by atoms with Gasteiger partial charge in [0.05, 0.1) is 23.9 Å². The highest BCUT2D eigenvalue weighted by Gasteiger charge is 2.31. The predicted octanol–water partition coefficient (Wildman–Crippen LogP) is 1.64. The Kier molecular flexibility index (Phi) is 4.54. The first-order chi connectivity index (χ1) is 9.54. The van der Waals surface area contributed by atoms with Crippen molar-refractivity contribution >= 4 is 11.7 Å². The third kappa shape index (κ3) is 2.90. The third-order valence-electron chi connectivity index (χ3n) is 3.83. The van der Waals surface area contributed by atoms with Crippen molar-refractivity contribution in [2.45, 2.75) is 37.8 Å². The summed E-state index contributed by atoms with van der Waals surface area (Å²) in [5.41, 5.74) is 0.188. The summed E-state index contributed by atoms with van der Waals surface area (Å²) in [6.45, 7) is 0. The van der Waals surface area contributed by atoms with Gasteiger partial charge in [-0.25, -0.2) is 9.37 Å². The first-order valence-electron chi connectivity index (χ1n) is 6.83.